The fourth-order valence-electron chi connectivity index (χ4n) is 2.83. The molecule has 0 radical (unpaired) electrons. The fourth-order valence-corrected chi connectivity index (χ4v) is 2.83. The molecule has 3 rings (SSSR count). The van der Waals surface area contributed by atoms with Gasteiger partial charge in [-0.15, -0.1) is 0 Å². The first-order valence-electron chi connectivity index (χ1n) is 7.23. The second-order valence-electron chi connectivity index (χ2n) is 5.80. The van der Waals surface area contributed by atoms with Crippen LogP contribution < -0.4 is 10.2 Å². The second-order valence-corrected chi connectivity index (χ2v) is 5.80. The summed E-state index contributed by atoms with van der Waals surface area (Å²) in [6, 6.07) is 0.0712. The van der Waals surface area contributed by atoms with Gasteiger partial charge >= 0.3 is 0 Å². The number of aromatic nitrogens is 2. The monoisotopic (exact) mass is 296 g/mol. The van der Waals surface area contributed by atoms with Gasteiger partial charge in [0, 0.05) is 44.2 Å². The third kappa shape index (κ3) is 3.28. The van der Waals surface area contributed by atoms with E-state index in [1.165, 1.54) is 0 Å². The molecule has 0 bridgehead atoms. The fraction of sp³-hybridized carbons (Fsp3) is 0.643. The van der Waals surface area contributed by atoms with Crippen molar-refractivity contribution in [2.45, 2.75) is 37.6 Å². The average Bonchev–Trinajstić information content (AvgIpc) is 2.43. The van der Waals surface area contributed by atoms with Crippen LogP contribution in [0, 0.1) is 5.92 Å². The summed E-state index contributed by atoms with van der Waals surface area (Å²) in [6.45, 7) is 1.38. The molecule has 2 fully saturated rings. The summed E-state index contributed by atoms with van der Waals surface area (Å²) in [5.41, 5.74) is 0. The molecule has 21 heavy (non-hydrogen) atoms. The summed E-state index contributed by atoms with van der Waals surface area (Å²) < 4.78 is 26.1. The SMILES string of the molecule is O=C(NC1CN(c2cnccn2)C1)C1CCC(F)(F)CC1. The maximum atomic E-state index is 13.1. The van der Waals surface area contributed by atoms with E-state index < -0.39 is 5.92 Å². The molecule has 0 unspecified atom stereocenters. The van der Waals surface area contributed by atoms with Crippen LogP contribution in [0.5, 0.6) is 0 Å². The molecule has 1 aromatic heterocycles. The molecule has 114 valence electrons. The zero-order chi connectivity index (χ0) is 14.9. The van der Waals surface area contributed by atoms with E-state index in [-0.39, 0.29) is 43.6 Å². The summed E-state index contributed by atoms with van der Waals surface area (Å²) in [5, 5.41) is 2.94. The van der Waals surface area contributed by atoms with Gasteiger partial charge in [-0.25, -0.2) is 13.8 Å². The van der Waals surface area contributed by atoms with Crippen molar-refractivity contribution in [3.63, 3.8) is 0 Å². The van der Waals surface area contributed by atoms with Gasteiger partial charge in [0.15, 0.2) is 0 Å². The van der Waals surface area contributed by atoms with E-state index in [1.54, 1.807) is 18.6 Å². The summed E-state index contributed by atoms with van der Waals surface area (Å²) >= 11 is 0. The van der Waals surface area contributed by atoms with E-state index in [2.05, 4.69) is 15.3 Å². The van der Waals surface area contributed by atoms with Gasteiger partial charge in [-0.05, 0) is 12.8 Å². The van der Waals surface area contributed by atoms with Crippen LogP contribution in [0.2, 0.25) is 0 Å². The number of hydrogen-bond donors (Lipinski definition) is 1. The lowest BCUT2D eigenvalue weighted by molar-refractivity contribution is -0.130. The van der Waals surface area contributed by atoms with Gasteiger partial charge in [0.05, 0.1) is 12.2 Å². The summed E-state index contributed by atoms with van der Waals surface area (Å²) in [7, 11) is 0. The molecule has 1 saturated heterocycles. The van der Waals surface area contributed by atoms with Crippen molar-refractivity contribution in [3.8, 4) is 0 Å². The molecule has 1 N–H and O–H groups in total. The predicted molar refractivity (Wildman–Crippen MR) is 73.1 cm³/mol. The van der Waals surface area contributed by atoms with Crippen molar-refractivity contribution >= 4 is 11.7 Å². The van der Waals surface area contributed by atoms with Crippen molar-refractivity contribution in [3.05, 3.63) is 18.6 Å². The minimum absolute atomic E-state index is 0.0712. The van der Waals surface area contributed by atoms with Crippen molar-refractivity contribution in [1.82, 2.24) is 15.3 Å². The molecular formula is C14H18F2N4O. The molecule has 0 atom stereocenters. The smallest absolute Gasteiger partial charge is 0.248 e. The predicted octanol–water partition coefficient (Wildman–Crippen LogP) is 1.61. The van der Waals surface area contributed by atoms with Crippen LogP contribution in [-0.4, -0.2) is 40.9 Å². The molecular weight excluding hydrogens is 278 g/mol. The van der Waals surface area contributed by atoms with E-state index in [4.69, 9.17) is 0 Å². The van der Waals surface area contributed by atoms with E-state index >= 15 is 0 Å². The van der Waals surface area contributed by atoms with E-state index in [0.717, 1.165) is 5.82 Å². The number of amides is 1. The molecule has 1 aromatic rings. The highest BCUT2D eigenvalue weighted by Crippen LogP contribution is 2.36. The molecule has 0 spiro atoms. The Morgan fingerprint density at radius 2 is 2.00 bits per heavy atom. The highest BCUT2D eigenvalue weighted by Gasteiger charge is 2.38. The summed E-state index contributed by atoms with van der Waals surface area (Å²) in [4.78, 5) is 22.3. The third-order valence-corrected chi connectivity index (χ3v) is 4.19. The Morgan fingerprint density at radius 1 is 1.29 bits per heavy atom. The Labute approximate surface area is 121 Å². The van der Waals surface area contributed by atoms with Crippen LogP contribution >= 0.6 is 0 Å². The zero-order valence-corrected chi connectivity index (χ0v) is 11.6. The Morgan fingerprint density at radius 3 is 2.62 bits per heavy atom. The lowest BCUT2D eigenvalue weighted by Gasteiger charge is -2.41. The largest absolute Gasteiger partial charge is 0.351 e. The third-order valence-electron chi connectivity index (χ3n) is 4.19. The first-order chi connectivity index (χ1) is 10.0. The summed E-state index contributed by atoms with van der Waals surface area (Å²) in [5.74, 6) is -2.15. The number of hydrogen-bond acceptors (Lipinski definition) is 4. The number of nitrogens with zero attached hydrogens (tertiary/aromatic N) is 3. The zero-order valence-electron chi connectivity index (χ0n) is 11.6. The Bertz CT molecular complexity index is 495. The number of carbonyl (C=O) groups is 1. The van der Waals surface area contributed by atoms with Crippen LogP contribution in [0.1, 0.15) is 25.7 Å². The number of nitrogens with one attached hydrogen (secondary N) is 1. The minimum atomic E-state index is -2.59. The standard InChI is InChI=1S/C14H18F2N4O/c15-14(16)3-1-10(2-4-14)13(21)19-11-8-20(9-11)12-7-17-5-6-18-12/h5-7,10-11H,1-4,8-9H2,(H,19,21). The minimum Gasteiger partial charge on any atom is -0.351 e. The topological polar surface area (TPSA) is 58.1 Å². The molecule has 1 amide bonds. The van der Waals surface area contributed by atoms with Crippen LogP contribution in [0.4, 0.5) is 14.6 Å². The number of halogens is 2. The summed E-state index contributed by atoms with van der Waals surface area (Å²) in [6.07, 6.45) is 5.12. The molecule has 5 nitrogen and oxygen atoms in total. The van der Waals surface area contributed by atoms with E-state index in [9.17, 15) is 13.6 Å². The quantitative estimate of drug-likeness (QED) is 0.920. The second kappa shape index (κ2) is 5.54. The Balaban J connectivity index is 1.44. The molecule has 1 aliphatic heterocycles. The average molecular weight is 296 g/mol. The van der Waals surface area contributed by atoms with Gasteiger partial charge < -0.3 is 10.2 Å². The van der Waals surface area contributed by atoms with Crippen LogP contribution in [0.15, 0.2) is 18.6 Å². The molecule has 7 heteroatoms. The van der Waals surface area contributed by atoms with Gasteiger partial charge in [-0.3, -0.25) is 9.78 Å². The number of alkyl halides is 2. The molecule has 2 heterocycles. The van der Waals surface area contributed by atoms with Gasteiger partial charge in [0.2, 0.25) is 11.8 Å². The molecule has 2 aliphatic rings. The van der Waals surface area contributed by atoms with E-state index in [0.29, 0.717) is 13.1 Å². The first kappa shape index (κ1) is 14.2. The molecule has 1 saturated carbocycles. The van der Waals surface area contributed by atoms with Crippen molar-refractivity contribution in [2.24, 2.45) is 5.92 Å². The van der Waals surface area contributed by atoms with Gasteiger partial charge in [0.25, 0.3) is 0 Å². The van der Waals surface area contributed by atoms with Crippen LogP contribution in [0.3, 0.4) is 0 Å². The van der Waals surface area contributed by atoms with Crippen molar-refractivity contribution < 1.29 is 13.6 Å². The number of carbonyl (C=O) groups excluding carboxylic acids is 1. The molecule has 1 aliphatic carbocycles. The molecule has 0 aromatic carbocycles. The highest BCUT2D eigenvalue weighted by atomic mass is 19.3. The maximum Gasteiger partial charge on any atom is 0.248 e. The van der Waals surface area contributed by atoms with Crippen LogP contribution in [0.25, 0.3) is 0 Å². The van der Waals surface area contributed by atoms with Crippen molar-refractivity contribution in [1.29, 1.82) is 0 Å². The normalized spacial score (nSPS) is 22.7. The lowest BCUT2D eigenvalue weighted by Crippen LogP contribution is -2.60. The highest BCUT2D eigenvalue weighted by molar-refractivity contribution is 5.79. The van der Waals surface area contributed by atoms with Gasteiger partial charge in [-0.2, -0.15) is 0 Å². The Kier molecular flexibility index (Phi) is 3.73. The number of rotatable bonds is 3. The van der Waals surface area contributed by atoms with E-state index in [1.807, 2.05) is 4.90 Å². The van der Waals surface area contributed by atoms with Crippen LogP contribution in [-0.2, 0) is 4.79 Å². The first-order valence-corrected chi connectivity index (χ1v) is 7.23. The Hall–Kier alpha value is -1.79. The maximum absolute atomic E-state index is 13.1. The van der Waals surface area contributed by atoms with Gasteiger partial charge in [-0.1, -0.05) is 0 Å². The number of anilines is 1. The lowest BCUT2D eigenvalue weighted by atomic mass is 9.86. The van der Waals surface area contributed by atoms with Gasteiger partial charge in [0.1, 0.15) is 5.82 Å². The van der Waals surface area contributed by atoms with Crippen molar-refractivity contribution in [2.75, 3.05) is 18.0 Å².